The summed E-state index contributed by atoms with van der Waals surface area (Å²) in [6.07, 6.45) is -0.0143. The monoisotopic (exact) mass is 447 g/mol. The van der Waals surface area contributed by atoms with Gasteiger partial charge in [-0.3, -0.25) is 14.5 Å². The third-order valence-corrected chi connectivity index (χ3v) is 5.71. The fraction of sp³-hybridized carbons (Fsp3) is 0.391. The standard InChI is InChI=1S/C23H27ClFN3O3/c1-15-12-28(16(2)11-27(15)13-17-3-6-20(25)7-4-17)23(30)14-31-21-8-5-19(24)9-18(21)10-22(26)29/h3-9,15-16H,10-14H2,1-2H3,(H2,26,29)/t15-,16+/m0/s1. The summed E-state index contributed by atoms with van der Waals surface area (Å²) in [4.78, 5) is 28.3. The molecule has 6 nitrogen and oxygen atoms in total. The molecule has 166 valence electrons. The van der Waals surface area contributed by atoms with Crippen LogP contribution in [-0.4, -0.2) is 53.4 Å². The molecule has 8 heteroatoms. The fourth-order valence-corrected chi connectivity index (χ4v) is 4.02. The first-order valence-electron chi connectivity index (χ1n) is 10.2. The third kappa shape index (κ3) is 6.18. The summed E-state index contributed by atoms with van der Waals surface area (Å²) in [5.74, 6) is -0.452. The molecule has 0 bridgehead atoms. The Morgan fingerprint density at radius 1 is 1.13 bits per heavy atom. The molecular formula is C23H27ClFN3O3. The highest BCUT2D eigenvalue weighted by Gasteiger charge is 2.32. The Labute approximate surface area is 186 Å². The Morgan fingerprint density at radius 3 is 2.52 bits per heavy atom. The van der Waals surface area contributed by atoms with E-state index in [2.05, 4.69) is 11.8 Å². The van der Waals surface area contributed by atoms with E-state index in [9.17, 15) is 14.0 Å². The van der Waals surface area contributed by atoms with Crippen LogP contribution < -0.4 is 10.5 Å². The maximum Gasteiger partial charge on any atom is 0.260 e. The molecule has 0 unspecified atom stereocenters. The molecule has 1 fully saturated rings. The summed E-state index contributed by atoms with van der Waals surface area (Å²) in [5, 5.41) is 0.467. The molecule has 1 saturated heterocycles. The number of piperazine rings is 1. The minimum Gasteiger partial charge on any atom is -0.483 e. The van der Waals surface area contributed by atoms with E-state index in [0.717, 1.165) is 5.56 Å². The predicted octanol–water partition coefficient (Wildman–Crippen LogP) is 3.01. The molecule has 2 amide bonds. The van der Waals surface area contributed by atoms with Crippen molar-refractivity contribution in [2.75, 3.05) is 19.7 Å². The van der Waals surface area contributed by atoms with Crippen LogP contribution in [0.4, 0.5) is 4.39 Å². The normalized spacial score (nSPS) is 19.3. The molecule has 2 atom stereocenters. The zero-order valence-corrected chi connectivity index (χ0v) is 18.4. The highest BCUT2D eigenvalue weighted by atomic mass is 35.5. The van der Waals surface area contributed by atoms with Gasteiger partial charge in [0.25, 0.3) is 5.91 Å². The Hall–Kier alpha value is -2.64. The second-order valence-corrected chi connectivity index (χ2v) is 8.42. The van der Waals surface area contributed by atoms with Crippen molar-refractivity contribution in [3.05, 3.63) is 64.4 Å². The number of nitrogens with two attached hydrogens (primary N) is 1. The van der Waals surface area contributed by atoms with E-state index in [0.29, 0.717) is 36.0 Å². The SMILES string of the molecule is C[C@@H]1CN(Cc2ccc(F)cc2)[C@@H](C)CN1C(=O)COc1ccc(Cl)cc1CC(N)=O. The topological polar surface area (TPSA) is 75.9 Å². The highest BCUT2D eigenvalue weighted by Crippen LogP contribution is 2.24. The number of ether oxygens (including phenoxy) is 1. The average Bonchev–Trinajstić information content (AvgIpc) is 2.71. The van der Waals surface area contributed by atoms with Gasteiger partial charge in [-0.1, -0.05) is 23.7 Å². The average molecular weight is 448 g/mol. The van der Waals surface area contributed by atoms with Crippen LogP contribution in [0.5, 0.6) is 5.75 Å². The number of carbonyl (C=O) groups excluding carboxylic acids is 2. The Morgan fingerprint density at radius 2 is 1.84 bits per heavy atom. The van der Waals surface area contributed by atoms with Gasteiger partial charge < -0.3 is 15.4 Å². The van der Waals surface area contributed by atoms with Crippen LogP contribution in [-0.2, 0) is 22.6 Å². The van der Waals surface area contributed by atoms with Crippen LogP contribution in [0.2, 0.25) is 5.02 Å². The largest absolute Gasteiger partial charge is 0.483 e. The van der Waals surface area contributed by atoms with Gasteiger partial charge in [-0.25, -0.2) is 4.39 Å². The van der Waals surface area contributed by atoms with E-state index in [4.69, 9.17) is 22.1 Å². The van der Waals surface area contributed by atoms with Gasteiger partial charge in [-0.2, -0.15) is 0 Å². The number of primary amides is 1. The van der Waals surface area contributed by atoms with Crippen molar-refractivity contribution in [2.24, 2.45) is 5.73 Å². The molecule has 2 N–H and O–H groups in total. The number of rotatable bonds is 7. The zero-order chi connectivity index (χ0) is 22.5. The molecule has 2 aromatic carbocycles. The molecule has 1 heterocycles. The first kappa shape index (κ1) is 23.0. The van der Waals surface area contributed by atoms with Crippen molar-refractivity contribution in [1.29, 1.82) is 0 Å². The van der Waals surface area contributed by atoms with Crippen molar-refractivity contribution in [1.82, 2.24) is 9.80 Å². The van der Waals surface area contributed by atoms with Crippen LogP contribution in [0, 0.1) is 5.82 Å². The first-order valence-corrected chi connectivity index (χ1v) is 10.6. The molecule has 0 radical (unpaired) electrons. The van der Waals surface area contributed by atoms with E-state index in [1.165, 1.54) is 12.1 Å². The second-order valence-electron chi connectivity index (χ2n) is 7.98. The molecule has 0 saturated carbocycles. The lowest BCUT2D eigenvalue weighted by molar-refractivity contribution is -0.139. The second kappa shape index (κ2) is 10.1. The van der Waals surface area contributed by atoms with Gasteiger partial charge in [0.2, 0.25) is 5.91 Å². The van der Waals surface area contributed by atoms with Gasteiger partial charge >= 0.3 is 0 Å². The number of halogens is 2. The number of carbonyl (C=O) groups is 2. The zero-order valence-electron chi connectivity index (χ0n) is 17.7. The third-order valence-electron chi connectivity index (χ3n) is 5.47. The minimum absolute atomic E-state index is 0.00283. The Bertz CT molecular complexity index is 938. The number of nitrogens with zero attached hydrogens (tertiary/aromatic N) is 2. The number of hydrogen-bond donors (Lipinski definition) is 1. The number of benzene rings is 2. The summed E-state index contributed by atoms with van der Waals surface area (Å²) in [6.45, 7) is 5.91. The van der Waals surface area contributed by atoms with Crippen molar-refractivity contribution < 1.29 is 18.7 Å². The summed E-state index contributed by atoms with van der Waals surface area (Å²) in [7, 11) is 0. The Balaban J connectivity index is 1.59. The predicted molar refractivity (Wildman–Crippen MR) is 117 cm³/mol. The van der Waals surface area contributed by atoms with Gasteiger partial charge in [0.1, 0.15) is 11.6 Å². The summed E-state index contributed by atoms with van der Waals surface area (Å²) >= 11 is 5.99. The molecule has 1 aliphatic heterocycles. The first-order chi connectivity index (χ1) is 14.7. The molecule has 31 heavy (non-hydrogen) atoms. The maximum atomic E-state index is 13.1. The van der Waals surface area contributed by atoms with Crippen molar-refractivity contribution in [2.45, 2.75) is 38.9 Å². The lowest BCUT2D eigenvalue weighted by Gasteiger charge is -2.44. The molecular weight excluding hydrogens is 421 g/mol. The highest BCUT2D eigenvalue weighted by molar-refractivity contribution is 6.30. The van der Waals surface area contributed by atoms with Gasteiger partial charge in [0.15, 0.2) is 6.61 Å². The smallest absolute Gasteiger partial charge is 0.260 e. The van der Waals surface area contributed by atoms with E-state index >= 15 is 0 Å². The minimum atomic E-state index is -0.502. The van der Waals surface area contributed by atoms with E-state index in [1.807, 2.05) is 11.8 Å². The fourth-order valence-electron chi connectivity index (χ4n) is 3.83. The van der Waals surface area contributed by atoms with Gasteiger partial charge in [0.05, 0.1) is 6.42 Å². The van der Waals surface area contributed by atoms with Gasteiger partial charge in [0, 0.05) is 42.3 Å². The lowest BCUT2D eigenvalue weighted by Crippen LogP contribution is -2.58. The van der Waals surface area contributed by atoms with Crippen molar-refractivity contribution in [3.63, 3.8) is 0 Å². The molecule has 0 spiro atoms. The number of hydrogen-bond acceptors (Lipinski definition) is 4. The summed E-state index contributed by atoms with van der Waals surface area (Å²) in [6, 6.07) is 11.5. The van der Waals surface area contributed by atoms with Crippen LogP contribution in [0.1, 0.15) is 25.0 Å². The van der Waals surface area contributed by atoms with Gasteiger partial charge in [-0.05, 0) is 49.7 Å². The van der Waals surface area contributed by atoms with Crippen LogP contribution in [0.25, 0.3) is 0 Å². The van der Waals surface area contributed by atoms with Crippen molar-refractivity contribution >= 4 is 23.4 Å². The van der Waals surface area contributed by atoms with E-state index in [-0.39, 0.29) is 36.8 Å². The van der Waals surface area contributed by atoms with Crippen LogP contribution in [0.15, 0.2) is 42.5 Å². The Kier molecular flexibility index (Phi) is 7.51. The van der Waals surface area contributed by atoms with E-state index < -0.39 is 5.91 Å². The summed E-state index contributed by atoms with van der Waals surface area (Å²) < 4.78 is 18.9. The van der Waals surface area contributed by atoms with Crippen LogP contribution >= 0.6 is 11.6 Å². The molecule has 2 aromatic rings. The summed E-state index contributed by atoms with van der Waals surface area (Å²) in [5.41, 5.74) is 6.88. The molecule has 0 aliphatic carbocycles. The quantitative estimate of drug-likeness (QED) is 0.708. The van der Waals surface area contributed by atoms with Crippen molar-refractivity contribution in [3.8, 4) is 5.75 Å². The molecule has 3 rings (SSSR count). The van der Waals surface area contributed by atoms with E-state index in [1.54, 1.807) is 30.3 Å². The molecule has 0 aromatic heterocycles. The van der Waals surface area contributed by atoms with Gasteiger partial charge in [-0.15, -0.1) is 0 Å². The van der Waals surface area contributed by atoms with Crippen LogP contribution in [0.3, 0.4) is 0 Å². The maximum absolute atomic E-state index is 13.1. The number of amides is 2. The molecule has 1 aliphatic rings. The lowest BCUT2D eigenvalue weighted by atomic mass is 10.1.